The second-order valence-electron chi connectivity index (χ2n) is 7.69. The van der Waals surface area contributed by atoms with Crippen LogP contribution in [0.25, 0.3) is 5.65 Å². The Kier molecular flexibility index (Phi) is 6.38. The Balaban J connectivity index is 1.25. The van der Waals surface area contributed by atoms with Crippen LogP contribution in [0.5, 0.6) is 0 Å². The molecular formula is C21H24FN5O4S. The Hall–Kier alpha value is -3.05. The molecule has 1 aliphatic heterocycles. The minimum absolute atomic E-state index is 0.143. The zero-order chi connectivity index (χ0) is 22.7. The van der Waals surface area contributed by atoms with E-state index in [0.717, 1.165) is 6.07 Å². The molecule has 2 aromatic heterocycles. The lowest BCUT2D eigenvalue weighted by atomic mass is 9.97. The van der Waals surface area contributed by atoms with Gasteiger partial charge in [0.05, 0.1) is 0 Å². The molecule has 32 heavy (non-hydrogen) atoms. The highest BCUT2D eigenvalue weighted by atomic mass is 32.2. The number of carbonyl (C=O) groups excluding carboxylic acids is 1. The largest absolute Gasteiger partial charge is 0.356 e. The maximum Gasteiger partial charge on any atom is 0.350 e. The predicted octanol–water partition coefficient (Wildman–Crippen LogP) is 1.24. The Morgan fingerprint density at radius 2 is 1.84 bits per heavy atom. The number of halogens is 1. The lowest BCUT2D eigenvalue weighted by molar-refractivity contribution is -0.126. The van der Waals surface area contributed by atoms with Gasteiger partial charge in [0.25, 0.3) is 0 Å². The van der Waals surface area contributed by atoms with E-state index in [9.17, 15) is 22.4 Å². The number of aromatic nitrogens is 3. The third kappa shape index (κ3) is 4.44. The van der Waals surface area contributed by atoms with Gasteiger partial charge in [-0.05, 0) is 43.5 Å². The number of hydrogen-bond acceptors (Lipinski definition) is 5. The Labute approximate surface area is 184 Å². The predicted molar refractivity (Wildman–Crippen MR) is 115 cm³/mol. The fourth-order valence-electron chi connectivity index (χ4n) is 3.85. The van der Waals surface area contributed by atoms with Crippen molar-refractivity contribution in [1.82, 2.24) is 23.8 Å². The first-order chi connectivity index (χ1) is 15.4. The number of nitrogens with zero attached hydrogens (tertiary/aromatic N) is 4. The molecule has 0 bridgehead atoms. The van der Waals surface area contributed by atoms with E-state index >= 15 is 0 Å². The molecule has 1 aliphatic rings. The van der Waals surface area contributed by atoms with Crippen LogP contribution in [0.3, 0.4) is 0 Å². The number of benzene rings is 1. The molecule has 1 aromatic carbocycles. The van der Waals surface area contributed by atoms with E-state index in [1.165, 1.54) is 31.6 Å². The van der Waals surface area contributed by atoms with Crippen molar-refractivity contribution >= 4 is 21.6 Å². The number of aryl methyl sites for hydroxylation is 1. The van der Waals surface area contributed by atoms with Crippen molar-refractivity contribution in [1.29, 1.82) is 0 Å². The number of pyridine rings is 1. The number of carbonyl (C=O) groups is 1. The van der Waals surface area contributed by atoms with Crippen molar-refractivity contribution in [3.63, 3.8) is 0 Å². The van der Waals surface area contributed by atoms with Crippen LogP contribution in [-0.4, -0.2) is 52.4 Å². The number of nitrogens with one attached hydrogen (secondary N) is 1. The Morgan fingerprint density at radius 1 is 1.12 bits per heavy atom. The standard InChI is InChI=1S/C21H24FN5O4S/c22-17-6-1-2-7-18(17)32(30,31)25-14-9-16(10-15-25)20(28)23-11-5-13-27-21(29)26-12-4-3-8-19(26)24-27/h1-4,6-8,12,16H,5,9-11,13-15H2,(H,23,28). The van der Waals surface area contributed by atoms with Gasteiger partial charge < -0.3 is 5.32 Å². The molecular weight excluding hydrogens is 437 g/mol. The van der Waals surface area contributed by atoms with Crippen LogP contribution in [-0.2, 0) is 21.4 Å². The summed E-state index contributed by atoms with van der Waals surface area (Å²) in [4.78, 5) is 24.4. The molecule has 1 amide bonds. The van der Waals surface area contributed by atoms with Crippen molar-refractivity contribution in [3.8, 4) is 0 Å². The third-order valence-electron chi connectivity index (χ3n) is 5.61. The van der Waals surface area contributed by atoms with Crippen molar-refractivity contribution in [2.45, 2.75) is 30.7 Å². The highest BCUT2D eigenvalue weighted by Gasteiger charge is 2.33. The fraction of sp³-hybridized carbons (Fsp3) is 0.381. The van der Waals surface area contributed by atoms with E-state index < -0.39 is 15.8 Å². The molecule has 0 radical (unpaired) electrons. The minimum atomic E-state index is -3.92. The number of piperidine rings is 1. The van der Waals surface area contributed by atoms with Gasteiger partial charge in [-0.1, -0.05) is 18.2 Å². The molecule has 1 saturated heterocycles. The second-order valence-corrected chi connectivity index (χ2v) is 9.59. The number of sulfonamides is 1. The van der Waals surface area contributed by atoms with Crippen molar-refractivity contribution in [2.75, 3.05) is 19.6 Å². The van der Waals surface area contributed by atoms with Crippen LogP contribution in [0.1, 0.15) is 19.3 Å². The van der Waals surface area contributed by atoms with Crippen molar-refractivity contribution in [2.24, 2.45) is 5.92 Å². The number of hydrogen-bond donors (Lipinski definition) is 1. The molecule has 0 spiro atoms. The first-order valence-corrected chi connectivity index (χ1v) is 11.9. The van der Waals surface area contributed by atoms with Crippen molar-refractivity contribution in [3.05, 3.63) is 65.0 Å². The van der Waals surface area contributed by atoms with Gasteiger partial charge in [-0.25, -0.2) is 22.3 Å². The molecule has 3 aromatic rings. The normalized spacial score (nSPS) is 15.8. The molecule has 0 aliphatic carbocycles. The summed E-state index contributed by atoms with van der Waals surface area (Å²) < 4.78 is 43.3. The van der Waals surface area contributed by atoms with E-state index in [1.54, 1.807) is 24.4 Å². The van der Waals surface area contributed by atoms with Gasteiger partial charge in [-0.2, -0.15) is 4.31 Å². The molecule has 9 nitrogen and oxygen atoms in total. The second kappa shape index (κ2) is 9.21. The summed E-state index contributed by atoms with van der Waals surface area (Å²) >= 11 is 0. The monoisotopic (exact) mass is 461 g/mol. The molecule has 1 N–H and O–H groups in total. The van der Waals surface area contributed by atoms with Crippen LogP contribution in [0, 0.1) is 11.7 Å². The van der Waals surface area contributed by atoms with Gasteiger partial charge in [-0.3, -0.25) is 9.20 Å². The first kappa shape index (κ1) is 22.2. The van der Waals surface area contributed by atoms with Gasteiger partial charge in [0.15, 0.2) is 5.65 Å². The average Bonchev–Trinajstić information content (AvgIpc) is 3.12. The van der Waals surface area contributed by atoms with Crippen LogP contribution in [0.2, 0.25) is 0 Å². The number of amides is 1. The summed E-state index contributed by atoms with van der Waals surface area (Å²) in [7, 11) is -3.92. The van der Waals surface area contributed by atoms with Crippen LogP contribution in [0.15, 0.2) is 58.4 Å². The lowest BCUT2D eigenvalue weighted by Crippen LogP contribution is -2.43. The minimum Gasteiger partial charge on any atom is -0.356 e. The third-order valence-corrected chi connectivity index (χ3v) is 7.55. The summed E-state index contributed by atoms with van der Waals surface area (Å²) in [5.74, 6) is -1.23. The van der Waals surface area contributed by atoms with Gasteiger partial charge in [-0.15, -0.1) is 5.10 Å². The fourth-order valence-corrected chi connectivity index (χ4v) is 5.38. The zero-order valence-electron chi connectivity index (χ0n) is 17.4. The van der Waals surface area contributed by atoms with Gasteiger partial charge in [0.2, 0.25) is 15.9 Å². The average molecular weight is 462 g/mol. The van der Waals surface area contributed by atoms with Crippen LogP contribution >= 0.6 is 0 Å². The van der Waals surface area contributed by atoms with E-state index in [4.69, 9.17) is 0 Å². The molecule has 11 heteroatoms. The smallest absolute Gasteiger partial charge is 0.350 e. The SMILES string of the molecule is O=C(NCCCn1nc2ccccn2c1=O)C1CCN(S(=O)(=O)c2ccccc2F)CC1. The topological polar surface area (TPSA) is 106 Å². The maximum atomic E-state index is 13.9. The first-order valence-electron chi connectivity index (χ1n) is 10.4. The quantitative estimate of drug-likeness (QED) is 0.533. The van der Waals surface area contributed by atoms with E-state index in [0.29, 0.717) is 38.0 Å². The van der Waals surface area contributed by atoms with E-state index in [-0.39, 0.29) is 35.5 Å². The summed E-state index contributed by atoms with van der Waals surface area (Å²) in [6.07, 6.45) is 2.93. The zero-order valence-corrected chi connectivity index (χ0v) is 18.2. The Bertz CT molecular complexity index is 1280. The van der Waals surface area contributed by atoms with Crippen LogP contribution < -0.4 is 11.0 Å². The molecule has 0 unspecified atom stereocenters. The van der Waals surface area contributed by atoms with E-state index in [1.807, 2.05) is 0 Å². The highest BCUT2D eigenvalue weighted by molar-refractivity contribution is 7.89. The van der Waals surface area contributed by atoms with Gasteiger partial charge in [0.1, 0.15) is 10.7 Å². The summed E-state index contributed by atoms with van der Waals surface area (Å²) in [6.45, 7) is 1.07. The maximum absolute atomic E-state index is 13.9. The highest BCUT2D eigenvalue weighted by Crippen LogP contribution is 2.25. The number of fused-ring (bicyclic) bond motifs is 1. The molecule has 0 atom stereocenters. The molecule has 1 fully saturated rings. The molecule has 4 rings (SSSR count). The van der Waals surface area contributed by atoms with Gasteiger partial charge in [0, 0.05) is 38.3 Å². The van der Waals surface area contributed by atoms with Crippen LogP contribution in [0.4, 0.5) is 4.39 Å². The number of rotatable bonds is 7. The Morgan fingerprint density at radius 3 is 2.56 bits per heavy atom. The summed E-state index contributed by atoms with van der Waals surface area (Å²) in [6, 6.07) is 10.6. The molecule has 170 valence electrons. The lowest BCUT2D eigenvalue weighted by Gasteiger charge is -2.30. The summed E-state index contributed by atoms with van der Waals surface area (Å²) in [5, 5.41) is 7.10. The van der Waals surface area contributed by atoms with Crippen molar-refractivity contribution < 1.29 is 17.6 Å². The molecule has 0 saturated carbocycles. The molecule has 3 heterocycles. The van der Waals surface area contributed by atoms with Gasteiger partial charge >= 0.3 is 5.69 Å². The van der Waals surface area contributed by atoms with E-state index in [2.05, 4.69) is 10.4 Å². The summed E-state index contributed by atoms with van der Waals surface area (Å²) in [5.41, 5.74) is 0.342.